The number of fused-ring (bicyclic) bond motifs is 3. The number of rotatable bonds is 0. The number of allylic oxidation sites excluding steroid dienone is 5. The van der Waals surface area contributed by atoms with Crippen molar-refractivity contribution in [2.24, 2.45) is 0 Å². The van der Waals surface area contributed by atoms with Gasteiger partial charge in [0.05, 0.1) is 0 Å². The van der Waals surface area contributed by atoms with E-state index in [1.54, 1.807) is 0 Å². The molecular formula is C14H12. The average molecular weight is 180 g/mol. The molecule has 1 aromatic rings. The molecule has 14 heavy (non-hydrogen) atoms. The van der Waals surface area contributed by atoms with Gasteiger partial charge in [-0.05, 0) is 17.5 Å². The predicted molar refractivity (Wildman–Crippen MR) is 60.1 cm³/mol. The highest BCUT2D eigenvalue weighted by molar-refractivity contribution is 5.61. The lowest BCUT2D eigenvalue weighted by Gasteiger charge is -2.13. The molecule has 0 radical (unpaired) electrons. The predicted octanol–water partition coefficient (Wildman–Crippen LogP) is 3.68. The van der Waals surface area contributed by atoms with Crippen LogP contribution in [0.2, 0.25) is 0 Å². The van der Waals surface area contributed by atoms with Crippen molar-refractivity contribution >= 4 is 6.08 Å². The van der Waals surface area contributed by atoms with E-state index in [-0.39, 0.29) is 0 Å². The van der Waals surface area contributed by atoms with E-state index in [0.29, 0.717) is 5.92 Å². The molecule has 0 aliphatic heterocycles. The lowest BCUT2D eigenvalue weighted by Crippen LogP contribution is -1.96. The molecule has 3 rings (SSSR count). The normalized spacial score (nSPS) is 22.6. The molecule has 0 heterocycles. The molecule has 0 heteroatoms. The summed E-state index contributed by atoms with van der Waals surface area (Å²) >= 11 is 0. The molecular weight excluding hydrogens is 168 g/mol. The van der Waals surface area contributed by atoms with E-state index >= 15 is 0 Å². The van der Waals surface area contributed by atoms with Crippen LogP contribution in [-0.2, 0) is 0 Å². The summed E-state index contributed by atoms with van der Waals surface area (Å²) in [5, 5.41) is 0. The van der Waals surface area contributed by atoms with Crippen molar-refractivity contribution in [2.45, 2.75) is 12.3 Å². The zero-order valence-corrected chi connectivity index (χ0v) is 7.98. The third-order valence-electron chi connectivity index (χ3n) is 3.00. The molecule has 0 bridgehead atoms. The van der Waals surface area contributed by atoms with Crippen LogP contribution in [0.1, 0.15) is 23.5 Å². The summed E-state index contributed by atoms with van der Waals surface area (Å²) in [6, 6.07) is 8.67. The van der Waals surface area contributed by atoms with Gasteiger partial charge in [-0.3, -0.25) is 0 Å². The van der Waals surface area contributed by atoms with E-state index in [1.165, 1.54) is 16.7 Å². The summed E-state index contributed by atoms with van der Waals surface area (Å²) in [4.78, 5) is 0. The highest BCUT2D eigenvalue weighted by Crippen LogP contribution is 2.36. The Kier molecular flexibility index (Phi) is 1.66. The van der Waals surface area contributed by atoms with Crippen LogP contribution < -0.4 is 0 Å². The van der Waals surface area contributed by atoms with Gasteiger partial charge in [-0.15, -0.1) is 0 Å². The van der Waals surface area contributed by atoms with E-state index in [4.69, 9.17) is 0 Å². The second-order valence-electron chi connectivity index (χ2n) is 3.84. The molecule has 0 spiro atoms. The molecule has 0 saturated carbocycles. The Balaban J connectivity index is 2.20. The molecule has 1 atom stereocenters. The Labute approximate surface area is 84.3 Å². The first-order valence-corrected chi connectivity index (χ1v) is 5.08. The van der Waals surface area contributed by atoms with Gasteiger partial charge in [0.1, 0.15) is 0 Å². The molecule has 1 aromatic carbocycles. The minimum atomic E-state index is 0.529. The van der Waals surface area contributed by atoms with Crippen molar-refractivity contribution in [1.82, 2.24) is 0 Å². The third kappa shape index (κ3) is 1.07. The Morgan fingerprint density at radius 2 is 2.07 bits per heavy atom. The molecule has 0 N–H and O–H groups in total. The fourth-order valence-electron chi connectivity index (χ4n) is 2.28. The number of hydrogen-bond donors (Lipinski definition) is 0. The van der Waals surface area contributed by atoms with Crippen molar-refractivity contribution in [3.63, 3.8) is 0 Å². The fraction of sp³-hybridized carbons (Fsp3) is 0.143. The average Bonchev–Trinajstić information content (AvgIpc) is 2.61. The van der Waals surface area contributed by atoms with E-state index in [2.05, 4.69) is 54.6 Å². The summed E-state index contributed by atoms with van der Waals surface area (Å²) in [5.74, 6) is 0.529. The minimum absolute atomic E-state index is 0.529. The first-order chi connectivity index (χ1) is 6.95. The SMILES string of the molecule is C1=CC2C(=C1)CC=Cc1ccccc12. The van der Waals surface area contributed by atoms with E-state index < -0.39 is 0 Å². The van der Waals surface area contributed by atoms with Crippen molar-refractivity contribution in [2.75, 3.05) is 0 Å². The van der Waals surface area contributed by atoms with E-state index in [1.807, 2.05) is 0 Å². The summed E-state index contributed by atoms with van der Waals surface area (Å²) in [7, 11) is 0. The summed E-state index contributed by atoms with van der Waals surface area (Å²) in [6.45, 7) is 0. The Hall–Kier alpha value is -1.56. The van der Waals surface area contributed by atoms with Crippen LogP contribution in [-0.4, -0.2) is 0 Å². The maximum Gasteiger partial charge on any atom is 0.0243 e. The number of hydrogen-bond acceptors (Lipinski definition) is 0. The van der Waals surface area contributed by atoms with E-state index in [0.717, 1.165) is 6.42 Å². The van der Waals surface area contributed by atoms with Crippen molar-refractivity contribution in [1.29, 1.82) is 0 Å². The van der Waals surface area contributed by atoms with Crippen LogP contribution in [0.3, 0.4) is 0 Å². The smallest absolute Gasteiger partial charge is 0.0243 e. The standard InChI is InChI=1S/C14H12/c1-2-9-13-11(5-1)6-3-7-12-8-4-10-14(12)13/h1-6,8-10,14H,7H2. The Bertz CT molecular complexity index is 447. The molecule has 0 fully saturated rings. The molecule has 0 saturated heterocycles. The van der Waals surface area contributed by atoms with Gasteiger partial charge in [0.25, 0.3) is 0 Å². The van der Waals surface area contributed by atoms with Crippen molar-refractivity contribution in [3.05, 3.63) is 65.3 Å². The van der Waals surface area contributed by atoms with Gasteiger partial charge in [-0.1, -0.05) is 60.2 Å². The minimum Gasteiger partial charge on any atom is -0.0798 e. The summed E-state index contributed by atoms with van der Waals surface area (Å²) in [5.41, 5.74) is 4.33. The van der Waals surface area contributed by atoms with Crippen LogP contribution in [0.5, 0.6) is 0 Å². The maximum atomic E-state index is 2.29. The molecule has 0 aromatic heterocycles. The van der Waals surface area contributed by atoms with Crippen molar-refractivity contribution in [3.8, 4) is 0 Å². The van der Waals surface area contributed by atoms with E-state index in [9.17, 15) is 0 Å². The quantitative estimate of drug-likeness (QED) is 0.571. The monoisotopic (exact) mass is 180 g/mol. The van der Waals surface area contributed by atoms with Gasteiger partial charge in [-0.25, -0.2) is 0 Å². The first kappa shape index (κ1) is 7.81. The van der Waals surface area contributed by atoms with Gasteiger partial charge in [0, 0.05) is 5.92 Å². The van der Waals surface area contributed by atoms with Crippen LogP contribution in [0.15, 0.2) is 54.1 Å². The maximum absolute atomic E-state index is 2.29. The summed E-state index contributed by atoms with van der Waals surface area (Å²) in [6.07, 6.45) is 12.3. The van der Waals surface area contributed by atoms with Gasteiger partial charge in [0.2, 0.25) is 0 Å². The highest BCUT2D eigenvalue weighted by atomic mass is 14.2. The topological polar surface area (TPSA) is 0 Å². The largest absolute Gasteiger partial charge is 0.0798 e. The zero-order chi connectivity index (χ0) is 9.38. The number of benzene rings is 1. The fourth-order valence-corrected chi connectivity index (χ4v) is 2.28. The van der Waals surface area contributed by atoms with Crippen LogP contribution in [0.4, 0.5) is 0 Å². The molecule has 1 unspecified atom stereocenters. The highest BCUT2D eigenvalue weighted by Gasteiger charge is 2.19. The molecule has 2 aliphatic rings. The van der Waals surface area contributed by atoms with Crippen LogP contribution >= 0.6 is 0 Å². The van der Waals surface area contributed by atoms with Gasteiger partial charge >= 0.3 is 0 Å². The summed E-state index contributed by atoms with van der Waals surface area (Å²) < 4.78 is 0. The van der Waals surface area contributed by atoms with Gasteiger partial charge < -0.3 is 0 Å². The molecule has 0 amide bonds. The second kappa shape index (κ2) is 2.98. The second-order valence-corrected chi connectivity index (χ2v) is 3.84. The first-order valence-electron chi connectivity index (χ1n) is 5.08. The van der Waals surface area contributed by atoms with Gasteiger partial charge in [-0.2, -0.15) is 0 Å². The lowest BCUT2D eigenvalue weighted by molar-refractivity contribution is 0.974. The van der Waals surface area contributed by atoms with Crippen LogP contribution in [0.25, 0.3) is 6.08 Å². The molecule has 68 valence electrons. The Morgan fingerprint density at radius 1 is 1.14 bits per heavy atom. The Morgan fingerprint density at radius 3 is 3.07 bits per heavy atom. The molecule has 0 nitrogen and oxygen atoms in total. The lowest BCUT2D eigenvalue weighted by atomic mass is 9.91. The van der Waals surface area contributed by atoms with Crippen LogP contribution in [0, 0.1) is 0 Å². The zero-order valence-electron chi connectivity index (χ0n) is 7.98. The van der Waals surface area contributed by atoms with Gasteiger partial charge in [0.15, 0.2) is 0 Å². The third-order valence-corrected chi connectivity index (χ3v) is 3.00. The molecule has 2 aliphatic carbocycles. The van der Waals surface area contributed by atoms with Crippen molar-refractivity contribution < 1.29 is 0 Å².